The van der Waals surface area contributed by atoms with E-state index in [1.54, 1.807) is 0 Å². The molecule has 0 aromatic heterocycles. The van der Waals surface area contributed by atoms with Crippen LogP contribution in [0.5, 0.6) is 0 Å². The Bertz CT molecular complexity index is 175. The third-order valence-electron chi connectivity index (χ3n) is 0. The fourth-order valence-electron chi connectivity index (χ4n) is 0. The zero-order valence-corrected chi connectivity index (χ0v) is 46.5. The maximum atomic E-state index is 8.42. The fourth-order valence-corrected chi connectivity index (χ4v) is 0. The van der Waals surface area contributed by atoms with Crippen LogP contribution in [0.2, 0.25) is 0 Å². The first-order valence-electron chi connectivity index (χ1n) is 5.66. The van der Waals surface area contributed by atoms with Gasteiger partial charge in [0.25, 0.3) is 0 Å². The minimum absolute atomic E-state index is 0. The molecule has 24 nitrogen and oxygen atoms in total. The Kier molecular flexibility index (Phi) is 279. The van der Waals surface area contributed by atoms with E-state index in [2.05, 4.69) is 0 Å². The molecule has 41 heavy (non-hydrogen) atoms. The molecule has 0 heterocycles. The molecular formula is B8O24Sn3Zn6. The number of hydrogen-bond donors (Lipinski definition) is 0. The van der Waals surface area contributed by atoms with Crippen molar-refractivity contribution in [2.24, 2.45) is 0 Å². The summed E-state index contributed by atoms with van der Waals surface area (Å²) < 4.78 is 0. The molecule has 0 aliphatic carbocycles. The standard InChI is InChI=1S/8BO3.3Sn.6Zn/c8*2-1(3)4;;;;;;;;;/q8*-3;3*+4;6*+2. The summed E-state index contributed by atoms with van der Waals surface area (Å²) in [7, 11) is -23.3. The zero-order chi connectivity index (χ0) is 28.6. The molecule has 0 spiro atoms. The van der Waals surface area contributed by atoms with Crippen molar-refractivity contribution < 1.29 is 237 Å². The smallest absolute Gasteiger partial charge is 0.907 e. The van der Waals surface area contributed by atoms with Crippen LogP contribution in [-0.2, 0) is 117 Å². The van der Waals surface area contributed by atoms with E-state index < -0.39 is 58.6 Å². The van der Waals surface area contributed by atoms with E-state index in [4.69, 9.17) is 121 Å². The Morgan fingerprint density at radius 2 is 0.146 bits per heavy atom. The molecule has 192 valence electrons. The summed E-state index contributed by atoms with van der Waals surface area (Å²) in [5.74, 6) is 0. The second-order valence-corrected chi connectivity index (χ2v) is 2.31. The first kappa shape index (κ1) is 111. The van der Waals surface area contributed by atoms with Gasteiger partial charge in [-0.1, -0.05) is 0 Å². The molecule has 0 saturated carbocycles. The van der Waals surface area contributed by atoms with Crippen molar-refractivity contribution in [1.29, 1.82) is 0 Å². The molecule has 0 unspecified atom stereocenters. The molecule has 0 N–H and O–H groups in total. The molecule has 0 fully saturated rings. The van der Waals surface area contributed by atoms with Crippen LogP contribution in [0.1, 0.15) is 0 Å². The van der Waals surface area contributed by atoms with Gasteiger partial charge in [0.15, 0.2) is 0 Å². The van der Waals surface area contributed by atoms with E-state index in [0.717, 1.165) is 0 Å². The summed E-state index contributed by atoms with van der Waals surface area (Å²) in [6, 6.07) is 0. The van der Waals surface area contributed by atoms with Gasteiger partial charge in [-0.25, -0.2) is 0 Å². The van der Waals surface area contributed by atoms with Gasteiger partial charge in [-0.15, -0.1) is 0 Å². The van der Waals surface area contributed by atoms with Crippen LogP contribution in [0.3, 0.4) is 0 Å². The Morgan fingerprint density at radius 3 is 0.146 bits per heavy atom. The van der Waals surface area contributed by atoms with Gasteiger partial charge in [-0.2, -0.15) is 0 Å². The van der Waals surface area contributed by atoms with Crippen molar-refractivity contribution >= 4 is 130 Å². The molecule has 0 aliphatic heterocycles. The Balaban J connectivity index is -0.0000000104. The van der Waals surface area contributed by atoms with E-state index in [0.29, 0.717) is 0 Å². The van der Waals surface area contributed by atoms with Crippen molar-refractivity contribution in [2.45, 2.75) is 0 Å². The zero-order valence-electron chi connectivity index (χ0n) is 20.2. The second-order valence-electron chi connectivity index (χ2n) is 2.31. The monoisotopic (exact) mass is 1220 g/mol. The third-order valence-corrected chi connectivity index (χ3v) is 0. The minimum atomic E-state index is -2.92. The SMILES string of the molecule is [O-]B([O-])[O-].[O-]B([O-])[O-].[O-]B([O-])[O-].[O-]B([O-])[O-].[O-]B([O-])[O-].[O-]B([O-])[O-].[O-]B([O-])[O-].[O-]B([O-])[O-].[Sn+4].[Sn+4].[Sn+4].[Zn+2].[Zn+2].[Zn+2].[Zn+2].[Zn+2].[Zn+2]. The van der Waals surface area contributed by atoms with Gasteiger partial charge in [-0.05, 0) is 0 Å². The van der Waals surface area contributed by atoms with Crippen LogP contribution < -0.4 is 121 Å². The average Bonchev–Trinajstić information content (AvgIpc) is 2.30. The normalized spacial score (nSPS) is 5.27. The molecular weight excluding hydrogens is 1220 g/mol. The van der Waals surface area contributed by atoms with E-state index in [9.17, 15) is 0 Å². The summed E-state index contributed by atoms with van der Waals surface area (Å²) in [6.07, 6.45) is 0. The van der Waals surface area contributed by atoms with Crippen LogP contribution in [0.15, 0.2) is 0 Å². The molecule has 0 aliphatic rings. The van der Waals surface area contributed by atoms with Gasteiger partial charge in [-0.3, -0.25) is 58.6 Å². The summed E-state index contributed by atoms with van der Waals surface area (Å²) in [4.78, 5) is 0. The molecule has 0 saturated heterocycles. The number of rotatable bonds is 0. The van der Waals surface area contributed by atoms with E-state index in [-0.39, 0.29) is 189 Å². The molecule has 0 radical (unpaired) electrons. The molecule has 0 aromatic rings. The number of hydrogen-bond acceptors (Lipinski definition) is 24. The van der Waals surface area contributed by atoms with Gasteiger partial charge in [0.1, 0.15) is 0 Å². The van der Waals surface area contributed by atoms with Crippen LogP contribution in [0, 0.1) is 0 Å². The van der Waals surface area contributed by atoms with E-state index in [1.807, 2.05) is 0 Å². The summed E-state index contributed by atoms with van der Waals surface area (Å²) in [5.41, 5.74) is 0. The molecule has 0 aromatic carbocycles. The molecule has 0 amide bonds. The predicted molar refractivity (Wildman–Crippen MR) is 63.3 cm³/mol. The topological polar surface area (TPSA) is 553 Å². The van der Waals surface area contributed by atoms with Crippen LogP contribution in [0.4, 0.5) is 0 Å². The van der Waals surface area contributed by atoms with Gasteiger partial charge in [0.05, 0.1) is 0 Å². The molecule has 0 atom stereocenters. The maximum Gasteiger partial charge on any atom is 4.00 e. The molecule has 41 heteroatoms. The van der Waals surface area contributed by atoms with Crippen LogP contribution in [-0.4, -0.2) is 130 Å². The predicted octanol–water partition coefficient (Wildman–Crippen LogP) is -32.7. The van der Waals surface area contributed by atoms with Crippen molar-refractivity contribution in [3.05, 3.63) is 0 Å². The Labute approximate surface area is 362 Å². The first-order chi connectivity index (χ1) is 13.9. The average molecular weight is 1220 g/mol. The van der Waals surface area contributed by atoms with Crippen molar-refractivity contribution in [3.63, 3.8) is 0 Å². The summed E-state index contributed by atoms with van der Waals surface area (Å²) in [5, 5.41) is 202. The Hall–Kier alpha value is 5.70. The van der Waals surface area contributed by atoms with Gasteiger partial charge >= 0.3 is 189 Å². The van der Waals surface area contributed by atoms with Crippen LogP contribution >= 0.6 is 0 Å². The van der Waals surface area contributed by atoms with E-state index in [1.165, 1.54) is 0 Å². The van der Waals surface area contributed by atoms with Crippen molar-refractivity contribution in [2.75, 3.05) is 0 Å². The van der Waals surface area contributed by atoms with Gasteiger partial charge < -0.3 is 121 Å². The maximum absolute atomic E-state index is 8.42. The third kappa shape index (κ3) is 2690. The molecule has 0 rings (SSSR count). The molecule has 0 bridgehead atoms. The summed E-state index contributed by atoms with van der Waals surface area (Å²) >= 11 is 0. The second kappa shape index (κ2) is 104. The van der Waals surface area contributed by atoms with Gasteiger partial charge in [0, 0.05) is 0 Å². The largest absolute Gasteiger partial charge is 4.00 e. The Morgan fingerprint density at radius 1 is 0.146 bits per heavy atom. The quantitative estimate of drug-likeness (QED) is 0.203. The van der Waals surface area contributed by atoms with Crippen LogP contribution in [0.25, 0.3) is 0 Å². The first-order valence-corrected chi connectivity index (χ1v) is 5.66. The summed E-state index contributed by atoms with van der Waals surface area (Å²) in [6.45, 7) is 0. The fraction of sp³-hybridized carbons (Fsp3) is 0. The van der Waals surface area contributed by atoms with Gasteiger partial charge in [0.2, 0.25) is 0 Å². The van der Waals surface area contributed by atoms with E-state index >= 15 is 0 Å². The van der Waals surface area contributed by atoms with Crippen molar-refractivity contribution in [3.8, 4) is 0 Å². The minimum Gasteiger partial charge on any atom is -0.907 e. The van der Waals surface area contributed by atoms with Crippen molar-refractivity contribution in [1.82, 2.24) is 0 Å².